The predicted molar refractivity (Wildman–Crippen MR) is 79.5 cm³/mol. The largest absolute Gasteiger partial charge is 0.493 e. The molecular weight excluding hydrogens is 324 g/mol. The van der Waals surface area contributed by atoms with Gasteiger partial charge in [-0.05, 0) is 47.5 Å². The van der Waals surface area contributed by atoms with Crippen molar-refractivity contribution in [2.24, 2.45) is 5.10 Å². The fourth-order valence-electron chi connectivity index (χ4n) is 1.55. The fourth-order valence-corrected chi connectivity index (χ4v) is 2.11. The van der Waals surface area contributed by atoms with Gasteiger partial charge in [-0.1, -0.05) is 0 Å². The molecule has 20 heavy (non-hydrogen) atoms. The molecule has 0 saturated heterocycles. The summed E-state index contributed by atoms with van der Waals surface area (Å²) in [5.41, 5.74) is 0.874. The minimum atomic E-state index is 0.0664. The van der Waals surface area contributed by atoms with Crippen LogP contribution in [0, 0.1) is 0 Å². The number of hydrogen-bond acceptors (Lipinski definition) is 5. The van der Waals surface area contributed by atoms with Crippen molar-refractivity contribution in [1.29, 1.82) is 0 Å². The Balaban J connectivity index is 2.30. The number of hydrogen-bond donors (Lipinski definition) is 0. The van der Waals surface area contributed by atoms with E-state index in [0.717, 1.165) is 10.0 Å². The summed E-state index contributed by atoms with van der Waals surface area (Å²) in [6, 6.07) is 3.77. The molecule has 0 saturated carbocycles. The summed E-state index contributed by atoms with van der Waals surface area (Å²) in [4.78, 5) is 0. The maximum atomic E-state index is 5.73. The van der Waals surface area contributed by atoms with Gasteiger partial charge in [-0.3, -0.25) is 0 Å². The third-order valence-electron chi connectivity index (χ3n) is 2.35. The number of nitrogens with zero attached hydrogens (tertiary/aromatic N) is 4. The van der Waals surface area contributed by atoms with Crippen LogP contribution in [0.15, 0.2) is 34.4 Å². The van der Waals surface area contributed by atoms with E-state index in [-0.39, 0.29) is 6.10 Å². The summed E-state index contributed by atoms with van der Waals surface area (Å²) in [6.07, 6.45) is 4.78. The predicted octanol–water partition coefficient (Wildman–Crippen LogP) is 2.72. The topological polar surface area (TPSA) is 61.5 Å². The van der Waals surface area contributed by atoms with Crippen LogP contribution in [0.1, 0.15) is 19.4 Å². The van der Waals surface area contributed by atoms with Crippen LogP contribution in [0.2, 0.25) is 0 Å². The zero-order valence-corrected chi connectivity index (χ0v) is 13.0. The summed E-state index contributed by atoms with van der Waals surface area (Å²) in [5, 5.41) is 11.5. The van der Waals surface area contributed by atoms with Crippen LogP contribution in [0.5, 0.6) is 11.5 Å². The quantitative estimate of drug-likeness (QED) is 0.786. The number of aromatic nitrogens is 3. The molecule has 0 amide bonds. The van der Waals surface area contributed by atoms with Crippen LogP contribution in [0.3, 0.4) is 0 Å². The van der Waals surface area contributed by atoms with Crippen molar-refractivity contribution in [3.05, 3.63) is 34.8 Å². The van der Waals surface area contributed by atoms with Crippen molar-refractivity contribution >= 4 is 22.1 Å². The number of rotatable bonds is 5. The maximum Gasteiger partial charge on any atom is 0.175 e. The molecular formula is C13H15BrN4O2. The molecule has 6 nitrogen and oxygen atoms in total. The first-order valence-corrected chi connectivity index (χ1v) is 6.82. The third kappa shape index (κ3) is 3.57. The second kappa shape index (κ2) is 6.51. The maximum absolute atomic E-state index is 5.73. The highest BCUT2D eigenvalue weighted by Crippen LogP contribution is 2.36. The van der Waals surface area contributed by atoms with E-state index in [1.807, 2.05) is 26.0 Å². The first-order valence-electron chi connectivity index (χ1n) is 6.03. The molecule has 0 aliphatic carbocycles. The minimum absolute atomic E-state index is 0.0664. The van der Waals surface area contributed by atoms with Gasteiger partial charge in [-0.25, -0.2) is 4.68 Å². The highest BCUT2D eigenvalue weighted by atomic mass is 79.9. The zero-order valence-electron chi connectivity index (χ0n) is 11.4. The fraction of sp³-hybridized carbons (Fsp3) is 0.308. The zero-order chi connectivity index (χ0) is 14.5. The van der Waals surface area contributed by atoms with Gasteiger partial charge < -0.3 is 9.47 Å². The molecule has 2 aromatic rings. The van der Waals surface area contributed by atoms with E-state index in [2.05, 4.69) is 31.2 Å². The summed E-state index contributed by atoms with van der Waals surface area (Å²) >= 11 is 3.49. The highest BCUT2D eigenvalue weighted by molar-refractivity contribution is 9.10. The second-order valence-corrected chi connectivity index (χ2v) is 5.14. The number of halogens is 1. The van der Waals surface area contributed by atoms with Crippen molar-refractivity contribution in [3.8, 4) is 11.5 Å². The molecule has 1 aromatic heterocycles. The van der Waals surface area contributed by atoms with Crippen LogP contribution in [-0.2, 0) is 0 Å². The minimum Gasteiger partial charge on any atom is -0.493 e. The Morgan fingerprint density at radius 1 is 1.30 bits per heavy atom. The smallest absolute Gasteiger partial charge is 0.175 e. The molecule has 0 spiro atoms. The van der Waals surface area contributed by atoms with Gasteiger partial charge in [0.1, 0.15) is 12.7 Å². The van der Waals surface area contributed by atoms with E-state index < -0.39 is 0 Å². The first-order chi connectivity index (χ1) is 9.60. The lowest BCUT2D eigenvalue weighted by Gasteiger charge is -2.15. The summed E-state index contributed by atoms with van der Waals surface area (Å²) in [5.74, 6) is 1.34. The van der Waals surface area contributed by atoms with Gasteiger partial charge in [0, 0.05) is 0 Å². The molecule has 7 heteroatoms. The van der Waals surface area contributed by atoms with Gasteiger partial charge in [0.25, 0.3) is 0 Å². The SMILES string of the molecule is COc1cc(/C=N/n2cnnc2)cc(Br)c1OC(C)C. The molecule has 0 atom stereocenters. The van der Waals surface area contributed by atoms with Crippen LogP contribution >= 0.6 is 15.9 Å². The molecule has 2 rings (SSSR count). The summed E-state index contributed by atoms with van der Waals surface area (Å²) < 4.78 is 13.4. The Labute approximate surface area is 125 Å². The number of ether oxygens (including phenoxy) is 2. The van der Waals surface area contributed by atoms with E-state index in [1.165, 1.54) is 17.3 Å². The average Bonchev–Trinajstić information content (AvgIpc) is 2.91. The Morgan fingerprint density at radius 2 is 2.00 bits per heavy atom. The van der Waals surface area contributed by atoms with Gasteiger partial charge >= 0.3 is 0 Å². The van der Waals surface area contributed by atoms with E-state index in [0.29, 0.717) is 11.5 Å². The van der Waals surface area contributed by atoms with Gasteiger partial charge in [0.2, 0.25) is 0 Å². The van der Waals surface area contributed by atoms with E-state index >= 15 is 0 Å². The molecule has 1 aromatic carbocycles. The molecule has 0 radical (unpaired) electrons. The standard InChI is InChI=1S/C13H15BrN4O2/c1-9(2)20-13-11(14)4-10(5-12(13)19-3)6-17-18-7-15-16-8-18/h4-9H,1-3H3/b17-6+. The summed E-state index contributed by atoms with van der Waals surface area (Å²) in [6.45, 7) is 3.93. The molecule has 106 valence electrons. The van der Waals surface area contributed by atoms with Crippen molar-refractivity contribution in [2.75, 3.05) is 7.11 Å². The van der Waals surface area contributed by atoms with E-state index in [4.69, 9.17) is 9.47 Å². The van der Waals surface area contributed by atoms with Crippen LogP contribution in [0.25, 0.3) is 0 Å². The lowest BCUT2D eigenvalue weighted by Crippen LogP contribution is -2.07. The second-order valence-electron chi connectivity index (χ2n) is 4.29. The Kier molecular flexibility index (Phi) is 4.73. The van der Waals surface area contributed by atoms with Gasteiger partial charge in [0.15, 0.2) is 11.5 Å². The molecule has 0 aliphatic heterocycles. The van der Waals surface area contributed by atoms with Crippen molar-refractivity contribution in [3.63, 3.8) is 0 Å². The molecule has 0 fully saturated rings. The molecule has 0 bridgehead atoms. The van der Waals surface area contributed by atoms with E-state index in [9.17, 15) is 0 Å². The Hall–Kier alpha value is -1.89. The molecule has 1 heterocycles. The van der Waals surface area contributed by atoms with Gasteiger partial charge in [-0.2, -0.15) is 5.10 Å². The number of benzene rings is 1. The van der Waals surface area contributed by atoms with Crippen LogP contribution < -0.4 is 9.47 Å². The Morgan fingerprint density at radius 3 is 2.60 bits per heavy atom. The number of methoxy groups -OCH3 is 1. The molecule has 0 unspecified atom stereocenters. The van der Waals surface area contributed by atoms with Crippen molar-refractivity contribution < 1.29 is 9.47 Å². The average molecular weight is 339 g/mol. The Bertz CT molecular complexity index is 597. The summed E-state index contributed by atoms with van der Waals surface area (Å²) in [7, 11) is 1.61. The third-order valence-corrected chi connectivity index (χ3v) is 2.94. The van der Waals surface area contributed by atoms with Gasteiger partial charge in [0.05, 0.1) is 23.9 Å². The molecule has 0 N–H and O–H groups in total. The van der Waals surface area contributed by atoms with E-state index in [1.54, 1.807) is 13.3 Å². The highest BCUT2D eigenvalue weighted by Gasteiger charge is 2.12. The van der Waals surface area contributed by atoms with Crippen molar-refractivity contribution in [2.45, 2.75) is 20.0 Å². The van der Waals surface area contributed by atoms with Crippen LogP contribution in [-0.4, -0.2) is 34.3 Å². The van der Waals surface area contributed by atoms with Gasteiger partial charge in [-0.15, -0.1) is 10.2 Å². The monoisotopic (exact) mass is 338 g/mol. The van der Waals surface area contributed by atoms with Crippen LogP contribution in [0.4, 0.5) is 0 Å². The lowest BCUT2D eigenvalue weighted by atomic mass is 10.2. The molecule has 0 aliphatic rings. The lowest BCUT2D eigenvalue weighted by molar-refractivity contribution is 0.228. The normalized spacial score (nSPS) is 11.2. The van der Waals surface area contributed by atoms with Crippen molar-refractivity contribution in [1.82, 2.24) is 14.9 Å². The first kappa shape index (κ1) is 14.5.